The molecular weight excluding hydrogens is 502 g/mol. The summed E-state index contributed by atoms with van der Waals surface area (Å²) in [4.78, 5) is 13.3. The van der Waals surface area contributed by atoms with Gasteiger partial charge in [0.2, 0.25) is 0 Å². The van der Waals surface area contributed by atoms with Gasteiger partial charge in [-0.1, -0.05) is 115 Å². The summed E-state index contributed by atoms with van der Waals surface area (Å²) < 4.78 is 161. The molecule has 0 aliphatic rings. The SMILES string of the molecule is [2H]c1c([2H])c(-c2c([2H])c([2H])c3c([2H])c([2H])c([2H])c([2H])c3c2[2H])c([2H])c([2H])c1-c1nc(-c2ccccc2)nc(-c2c([2H])c([2H])c3c(oc4c([2H])c([2H])c([2H])c([2H])c43)c2[2H])n1. The normalized spacial score (nSPS) is 17.6. The number of rotatable bonds is 4. The predicted octanol–water partition coefficient (Wildman–Crippen LogP) is 9.59. The Morgan fingerprint density at radius 3 is 1.88 bits per heavy atom. The topological polar surface area (TPSA) is 51.8 Å². The van der Waals surface area contributed by atoms with Gasteiger partial charge >= 0.3 is 0 Å². The first kappa shape index (κ1) is 11.5. The van der Waals surface area contributed by atoms with Crippen LogP contribution in [0.3, 0.4) is 0 Å². The molecule has 0 saturated carbocycles. The summed E-state index contributed by atoms with van der Waals surface area (Å²) in [5.41, 5.74) is -2.48. The minimum absolute atomic E-state index is 0.120. The second kappa shape index (κ2) is 9.54. The Morgan fingerprint density at radius 2 is 1.05 bits per heavy atom. The first-order valence-electron chi connectivity index (χ1n) is 21.2. The zero-order valence-corrected chi connectivity index (χ0v) is 20.6. The summed E-state index contributed by atoms with van der Waals surface area (Å²) in [6, 6.07) is -4.12. The van der Waals surface area contributed by atoms with Crippen molar-refractivity contribution < 1.29 is 29.1 Å². The molecule has 4 nitrogen and oxygen atoms in total. The summed E-state index contributed by atoms with van der Waals surface area (Å²) in [5, 5.41) is -1.30. The maximum atomic E-state index is 9.14. The van der Waals surface area contributed by atoms with Crippen molar-refractivity contribution in [2.75, 3.05) is 0 Å². The van der Waals surface area contributed by atoms with E-state index in [1.165, 1.54) is 0 Å². The Labute approximate surface area is 261 Å². The number of hydrogen-bond donors (Lipinski definition) is 0. The second-order valence-electron chi connectivity index (χ2n) is 8.68. The highest BCUT2D eigenvalue weighted by atomic mass is 16.3. The molecule has 0 amide bonds. The number of fused-ring (bicyclic) bond motifs is 4. The number of benzene rings is 6. The Balaban J connectivity index is 1.42. The first-order valence-corrected chi connectivity index (χ1v) is 12.2. The van der Waals surface area contributed by atoms with E-state index in [0.29, 0.717) is 5.56 Å². The van der Waals surface area contributed by atoms with Gasteiger partial charge in [-0.05, 0) is 46.1 Å². The minimum Gasteiger partial charge on any atom is -0.456 e. The lowest BCUT2D eigenvalue weighted by Crippen LogP contribution is -2.00. The molecule has 8 aromatic rings. The molecule has 2 heterocycles. The van der Waals surface area contributed by atoms with Crippen molar-refractivity contribution in [2.45, 2.75) is 0 Å². The van der Waals surface area contributed by atoms with Gasteiger partial charge in [-0.15, -0.1) is 0 Å². The third kappa shape index (κ3) is 4.23. The molecule has 0 N–H and O–H groups in total. The molecule has 0 unspecified atom stereocenters. The predicted molar refractivity (Wildman–Crippen MR) is 166 cm³/mol. The monoisotopic (exact) mass is 543 g/mol. The van der Waals surface area contributed by atoms with Gasteiger partial charge in [0.25, 0.3) is 0 Å². The van der Waals surface area contributed by atoms with E-state index in [1.807, 2.05) is 0 Å². The standard InChI is InChI=1S/C37H23N3O/c1-2-9-26(10-3-1)35-38-36(27-17-14-25(15-18-27)29-19-16-24-8-4-5-11-28(24)22-29)40-37(39-35)30-20-21-32-31-12-6-7-13-33(31)41-34(32)23-30/h1-23H/i4D,5D,6D,7D,8D,11D,12D,13D,14D,15D,16D,17D,18D,19D,20D,21D,22D,23D. The highest BCUT2D eigenvalue weighted by Crippen LogP contribution is 2.33. The molecule has 0 fully saturated rings. The third-order valence-corrected chi connectivity index (χ3v) is 6.12. The molecule has 41 heavy (non-hydrogen) atoms. The molecule has 192 valence electrons. The fourth-order valence-corrected chi connectivity index (χ4v) is 4.18. The largest absolute Gasteiger partial charge is 0.456 e. The van der Waals surface area contributed by atoms with Gasteiger partial charge in [-0.25, -0.2) is 15.0 Å². The van der Waals surface area contributed by atoms with Gasteiger partial charge in [-0.3, -0.25) is 0 Å². The van der Waals surface area contributed by atoms with Crippen LogP contribution < -0.4 is 0 Å². The highest BCUT2D eigenvalue weighted by Gasteiger charge is 2.14. The van der Waals surface area contributed by atoms with E-state index in [-0.39, 0.29) is 27.8 Å². The quantitative estimate of drug-likeness (QED) is 0.222. The molecule has 0 aliphatic carbocycles. The molecule has 0 atom stereocenters. The lowest BCUT2D eigenvalue weighted by molar-refractivity contribution is 0.669. The molecular formula is C37H23N3O. The van der Waals surface area contributed by atoms with Crippen molar-refractivity contribution in [3.05, 3.63) is 139 Å². The Kier molecular flexibility index (Phi) is 2.67. The van der Waals surface area contributed by atoms with E-state index < -0.39 is 153 Å². The van der Waals surface area contributed by atoms with Gasteiger partial charge in [0, 0.05) is 27.5 Å². The van der Waals surface area contributed by atoms with E-state index in [9.17, 15) is 0 Å². The number of aromatic nitrogens is 3. The number of furan rings is 1. The van der Waals surface area contributed by atoms with E-state index in [0.717, 1.165) is 0 Å². The van der Waals surface area contributed by atoms with Crippen molar-refractivity contribution in [3.8, 4) is 45.3 Å². The van der Waals surface area contributed by atoms with Crippen LogP contribution in [0.2, 0.25) is 0 Å². The van der Waals surface area contributed by atoms with Crippen molar-refractivity contribution in [1.29, 1.82) is 0 Å². The van der Waals surface area contributed by atoms with Gasteiger partial charge in [0.1, 0.15) is 11.2 Å². The Hall–Kier alpha value is -5.61. The molecule has 0 saturated heterocycles. The Morgan fingerprint density at radius 1 is 0.439 bits per heavy atom. The van der Waals surface area contributed by atoms with E-state index >= 15 is 0 Å². The van der Waals surface area contributed by atoms with Crippen LogP contribution in [0.4, 0.5) is 0 Å². The molecule has 2 aromatic heterocycles. The lowest BCUT2D eigenvalue weighted by Gasteiger charge is -2.09. The Bertz CT molecular complexity index is 3180. The summed E-state index contributed by atoms with van der Waals surface area (Å²) in [5.74, 6) is -1.05. The van der Waals surface area contributed by atoms with Crippen LogP contribution in [0.5, 0.6) is 0 Å². The fraction of sp³-hybridized carbons (Fsp3) is 0. The van der Waals surface area contributed by atoms with Gasteiger partial charge in [0.15, 0.2) is 17.5 Å². The van der Waals surface area contributed by atoms with Crippen LogP contribution in [0.1, 0.15) is 24.7 Å². The van der Waals surface area contributed by atoms with Crippen molar-refractivity contribution in [1.82, 2.24) is 15.0 Å². The zero-order chi connectivity index (χ0) is 42.8. The maximum absolute atomic E-state index is 9.14. The smallest absolute Gasteiger partial charge is 0.164 e. The second-order valence-corrected chi connectivity index (χ2v) is 8.68. The number of hydrogen-bond acceptors (Lipinski definition) is 4. The average molecular weight is 544 g/mol. The fourth-order valence-electron chi connectivity index (χ4n) is 4.18. The van der Waals surface area contributed by atoms with E-state index in [2.05, 4.69) is 15.0 Å². The molecule has 0 radical (unpaired) electrons. The van der Waals surface area contributed by atoms with Gasteiger partial charge in [0.05, 0.1) is 24.7 Å². The first-order chi connectivity index (χ1) is 27.8. The number of nitrogens with zero attached hydrogens (tertiary/aromatic N) is 3. The van der Waals surface area contributed by atoms with Crippen LogP contribution in [0, 0.1) is 0 Å². The molecule has 0 bridgehead atoms. The summed E-state index contributed by atoms with van der Waals surface area (Å²) in [6.45, 7) is 0. The number of para-hydroxylation sites is 1. The molecule has 6 aromatic carbocycles. The summed E-state index contributed by atoms with van der Waals surface area (Å²) in [6.07, 6.45) is 0. The maximum Gasteiger partial charge on any atom is 0.164 e. The van der Waals surface area contributed by atoms with Crippen LogP contribution in [-0.2, 0) is 0 Å². The van der Waals surface area contributed by atoms with E-state index in [1.54, 1.807) is 30.3 Å². The van der Waals surface area contributed by atoms with Crippen molar-refractivity contribution in [2.24, 2.45) is 0 Å². The van der Waals surface area contributed by atoms with Gasteiger partial charge in [-0.2, -0.15) is 0 Å². The molecule has 8 rings (SSSR count). The molecule has 4 heteroatoms. The van der Waals surface area contributed by atoms with Gasteiger partial charge < -0.3 is 4.42 Å². The minimum atomic E-state index is -0.815. The highest BCUT2D eigenvalue weighted by molar-refractivity contribution is 6.05. The summed E-state index contributed by atoms with van der Waals surface area (Å²) in [7, 11) is 0. The zero-order valence-electron chi connectivity index (χ0n) is 38.6. The lowest BCUT2D eigenvalue weighted by atomic mass is 10.00. The van der Waals surface area contributed by atoms with Crippen molar-refractivity contribution >= 4 is 32.7 Å². The van der Waals surface area contributed by atoms with E-state index in [4.69, 9.17) is 29.1 Å². The van der Waals surface area contributed by atoms with Crippen LogP contribution in [0.15, 0.2) is 144 Å². The third-order valence-electron chi connectivity index (χ3n) is 6.12. The van der Waals surface area contributed by atoms with Crippen molar-refractivity contribution in [3.63, 3.8) is 0 Å². The molecule has 0 aliphatic heterocycles. The molecule has 0 spiro atoms. The van der Waals surface area contributed by atoms with Crippen LogP contribution >= 0.6 is 0 Å². The van der Waals surface area contributed by atoms with Crippen LogP contribution in [-0.4, -0.2) is 15.0 Å². The summed E-state index contributed by atoms with van der Waals surface area (Å²) >= 11 is 0. The van der Waals surface area contributed by atoms with Crippen LogP contribution in [0.25, 0.3) is 78.0 Å². The average Bonchev–Trinajstić information content (AvgIpc) is 3.63.